The lowest BCUT2D eigenvalue weighted by Crippen LogP contribution is -2.51. The van der Waals surface area contributed by atoms with Crippen LogP contribution >= 0.6 is 23.2 Å². The van der Waals surface area contributed by atoms with Crippen molar-refractivity contribution in [1.29, 1.82) is 0 Å². The van der Waals surface area contributed by atoms with Crippen molar-refractivity contribution in [3.63, 3.8) is 0 Å². The third-order valence-electron chi connectivity index (χ3n) is 7.46. The van der Waals surface area contributed by atoms with Gasteiger partial charge >= 0.3 is 0 Å². The second-order valence-electron chi connectivity index (χ2n) is 9.83. The van der Waals surface area contributed by atoms with E-state index in [1.807, 2.05) is 61.5 Å². The van der Waals surface area contributed by atoms with E-state index in [-0.39, 0.29) is 4.90 Å². The number of anilines is 1. The minimum Gasteiger partial charge on any atom is -0.497 e. The van der Waals surface area contributed by atoms with Crippen LogP contribution in [0.4, 0.5) is 5.69 Å². The number of hydrogen-bond acceptors (Lipinski definition) is 4. The van der Waals surface area contributed by atoms with E-state index in [4.69, 9.17) is 27.9 Å². The number of sulfonamides is 1. The molecule has 8 heteroatoms. The van der Waals surface area contributed by atoms with Gasteiger partial charge in [0.05, 0.1) is 23.1 Å². The topological polar surface area (TPSA) is 63.7 Å². The van der Waals surface area contributed by atoms with Gasteiger partial charge in [-0.2, -0.15) is 0 Å². The molecule has 0 radical (unpaired) electrons. The molecule has 1 aliphatic carbocycles. The molecule has 0 N–H and O–H groups in total. The molecule has 4 aromatic carbocycles. The van der Waals surface area contributed by atoms with Crippen LogP contribution in [-0.2, 0) is 21.2 Å². The highest BCUT2D eigenvalue weighted by Crippen LogP contribution is 2.57. The molecule has 6 rings (SSSR count). The van der Waals surface area contributed by atoms with Crippen molar-refractivity contribution in [3.8, 4) is 5.75 Å². The smallest absolute Gasteiger partial charge is 0.270 e. The van der Waals surface area contributed by atoms with Gasteiger partial charge in [-0.1, -0.05) is 59.6 Å². The van der Waals surface area contributed by atoms with Crippen molar-refractivity contribution >= 4 is 56.0 Å². The Morgan fingerprint density at radius 2 is 1.49 bits per heavy atom. The van der Waals surface area contributed by atoms with Crippen LogP contribution in [0.15, 0.2) is 95.9 Å². The number of nitrogens with zero attached hydrogens (tertiary/aromatic N) is 1. The number of halogens is 2. The fraction of sp³-hybridized carbons (Fsp3) is 0.129. The highest BCUT2D eigenvalue weighted by Gasteiger charge is 2.53. The largest absolute Gasteiger partial charge is 0.497 e. The SMILES string of the molecule is COc1ccc2c(c1)C[C@]1(C)C(=O)N(S(=O)(=O)c3ccc(Cl)cc3)c3ccccc3C1=C2c1ccc(Cl)cc1. The van der Waals surface area contributed by atoms with Gasteiger partial charge in [0, 0.05) is 15.6 Å². The quantitative estimate of drug-likeness (QED) is 0.257. The molecule has 0 unspecified atom stereocenters. The summed E-state index contributed by atoms with van der Waals surface area (Å²) in [5, 5.41) is 1.00. The van der Waals surface area contributed by atoms with Gasteiger partial charge in [0.2, 0.25) is 0 Å². The standard InChI is InChI=1S/C31H23Cl2NO4S/c1-31-18-20-17-23(38-2)13-16-25(20)28(19-7-9-21(32)10-8-19)29(31)26-5-3-4-6-27(26)34(30(31)35)39(36,37)24-14-11-22(33)12-15-24/h3-17H,18H2,1-2H3/t31-/m0/s1. The zero-order valence-corrected chi connectivity index (χ0v) is 23.4. The fourth-order valence-corrected chi connectivity index (χ4v) is 7.42. The second-order valence-corrected chi connectivity index (χ2v) is 12.5. The van der Waals surface area contributed by atoms with Crippen LogP contribution in [0.2, 0.25) is 10.0 Å². The lowest BCUT2D eigenvalue weighted by molar-refractivity contribution is -0.123. The van der Waals surface area contributed by atoms with Crippen LogP contribution in [0.3, 0.4) is 0 Å². The number of ether oxygens (including phenoxy) is 1. The summed E-state index contributed by atoms with van der Waals surface area (Å²) in [5.74, 6) is 0.136. The summed E-state index contributed by atoms with van der Waals surface area (Å²) in [7, 11) is -2.65. The molecule has 1 heterocycles. The monoisotopic (exact) mass is 575 g/mol. The molecule has 4 aromatic rings. The summed E-state index contributed by atoms with van der Waals surface area (Å²) in [6.45, 7) is 1.82. The Labute approximate surface area is 237 Å². The number of carbonyl (C=O) groups excluding carboxylic acids is 1. The third-order valence-corrected chi connectivity index (χ3v) is 9.68. The van der Waals surface area contributed by atoms with Crippen LogP contribution in [0.5, 0.6) is 5.75 Å². The molecule has 0 saturated carbocycles. The molecule has 1 amide bonds. The number of benzene rings is 4. The Bertz CT molecular complexity index is 1780. The van der Waals surface area contributed by atoms with Gasteiger partial charge in [-0.15, -0.1) is 0 Å². The molecule has 0 aromatic heterocycles. The lowest BCUT2D eigenvalue weighted by Gasteiger charge is -2.45. The zero-order valence-electron chi connectivity index (χ0n) is 21.1. The second kappa shape index (κ2) is 9.26. The van der Waals surface area contributed by atoms with E-state index in [2.05, 4.69) is 0 Å². The van der Waals surface area contributed by atoms with Crippen LogP contribution in [0.1, 0.15) is 29.2 Å². The highest BCUT2D eigenvalue weighted by atomic mass is 35.5. The Balaban J connectivity index is 1.69. The third kappa shape index (κ3) is 3.97. The van der Waals surface area contributed by atoms with Crippen LogP contribution in [-0.4, -0.2) is 21.4 Å². The maximum atomic E-state index is 14.6. The molecule has 0 saturated heterocycles. The number of amides is 1. The van der Waals surface area contributed by atoms with Gasteiger partial charge in [0.1, 0.15) is 5.75 Å². The fourth-order valence-electron chi connectivity index (χ4n) is 5.64. The number of rotatable bonds is 4. The Morgan fingerprint density at radius 1 is 0.846 bits per heavy atom. The average molecular weight is 577 g/mol. The molecule has 2 aliphatic rings. The molecule has 196 valence electrons. The minimum atomic E-state index is -4.25. The summed E-state index contributed by atoms with van der Waals surface area (Å²) < 4.78 is 34.5. The average Bonchev–Trinajstić information content (AvgIpc) is 2.92. The molecule has 5 nitrogen and oxygen atoms in total. The van der Waals surface area contributed by atoms with Gasteiger partial charge in [-0.3, -0.25) is 4.79 Å². The Kier molecular flexibility index (Phi) is 6.10. The van der Waals surface area contributed by atoms with Crippen molar-refractivity contribution in [2.45, 2.75) is 18.2 Å². The molecule has 0 fully saturated rings. The summed E-state index contributed by atoms with van der Waals surface area (Å²) in [6.07, 6.45) is 0.297. The number of hydrogen-bond donors (Lipinski definition) is 0. The van der Waals surface area contributed by atoms with Gasteiger partial charge in [-0.05, 0) is 95.8 Å². The molecule has 1 atom stereocenters. The Hall–Kier alpha value is -3.58. The predicted octanol–water partition coefficient (Wildman–Crippen LogP) is 7.26. The number of para-hydroxylation sites is 1. The van der Waals surface area contributed by atoms with E-state index in [1.165, 1.54) is 24.3 Å². The first-order valence-electron chi connectivity index (χ1n) is 12.3. The molecular weight excluding hydrogens is 553 g/mol. The van der Waals surface area contributed by atoms with Crippen molar-refractivity contribution in [2.75, 3.05) is 11.4 Å². The molecule has 0 bridgehead atoms. The first-order valence-corrected chi connectivity index (χ1v) is 14.5. The van der Waals surface area contributed by atoms with Gasteiger partial charge < -0.3 is 4.74 Å². The maximum absolute atomic E-state index is 14.6. The molecule has 0 spiro atoms. The van der Waals surface area contributed by atoms with Crippen molar-refractivity contribution in [2.24, 2.45) is 5.41 Å². The van der Waals surface area contributed by atoms with Gasteiger partial charge in [-0.25, -0.2) is 12.7 Å². The van der Waals surface area contributed by atoms with Crippen LogP contribution in [0, 0.1) is 5.41 Å². The summed E-state index contributed by atoms with van der Waals surface area (Å²) in [5.41, 5.74) is 4.18. The van der Waals surface area contributed by atoms with E-state index < -0.39 is 21.3 Å². The van der Waals surface area contributed by atoms with E-state index in [0.29, 0.717) is 33.5 Å². The van der Waals surface area contributed by atoms with E-state index >= 15 is 0 Å². The van der Waals surface area contributed by atoms with Gasteiger partial charge in [0.15, 0.2) is 0 Å². The molecular formula is C31H23Cl2NO4S. The Morgan fingerprint density at radius 3 is 2.15 bits per heavy atom. The summed E-state index contributed by atoms with van der Waals surface area (Å²) >= 11 is 12.3. The first kappa shape index (κ1) is 25.7. The van der Waals surface area contributed by atoms with E-state index in [9.17, 15) is 13.2 Å². The normalized spacial score (nSPS) is 18.4. The van der Waals surface area contributed by atoms with Crippen LogP contribution in [0.25, 0.3) is 11.1 Å². The molecule has 1 aliphatic heterocycles. The lowest BCUT2D eigenvalue weighted by atomic mass is 9.63. The number of fused-ring (bicyclic) bond motifs is 4. The number of methoxy groups -OCH3 is 1. The van der Waals surface area contributed by atoms with Crippen molar-refractivity contribution < 1.29 is 17.9 Å². The predicted molar refractivity (Wildman–Crippen MR) is 155 cm³/mol. The van der Waals surface area contributed by atoms with E-state index in [1.54, 1.807) is 19.2 Å². The first-order chi connectivity index (χ1) is 18.6. The zero-order chi connectivity index (χ0) is 27.5. The molecule has 39 heavy (non-hydrogen) atoms. The minimum absolute atomic E-state index is 0.0121. The van der Waals surface area contributed by atoms with Crippen molar-refractivity contribution in [3.05, 3.63) is 123 Å². The maximum Gasteiger partial charge on any atom is 0.270 e. The van der Waals surface area contributed by atoms with E-state index in [0.717, 1.165) is 32.1 Å². The number of carbonyl (C=O) groups is 1. The summed E-state index contributed by atoms with van der Waals surface area (Å²) in [6, 6.07) is 26.3. The highest BCUT2D eigenvalue weighted by molar-refractivity contribution is 7.93. The van der Waals surface area contributed by atoms with Crippen LogP contribution < -0.4 is 9.04 Å². The van der Waals surface area contributed by atoms with Crippen molar-refractivity contribution in [1.82, 2.24) is 0 Å². The summed E-state index contributed by atoms with van der Waals surface area (Å²) in [4.78, 5) is 14.5. The van der Waals surface area contributed by atoms with Gasteiger partial charge in [0.25, 0.3) is 15.9 Å².